The summed E-state index contributed by atoms with van der Waals surface area (Å²) in [5, 5.41) is 5.63. The van der Waals surface area contributed by atoms with Gasteiger partial charge in [0.2, 0.25) is 21.8 Å². The van der Waals surface area contributed by atoms with E-state index in [1.807, 2.05) is 13.8 Å². The zero-order valence-electron chi connectivity index (χ0n) is 23.8. The Morgan fingerprint density at radius 2 is 1.40 bits per heavy atom. The van der Waals surface area contributed by atoms with Crippen molar-refractivity contribution in [1.82, 2.24) is 9.21 Å². The van der Waals surface area contributed by atoms with E-state index in [1.165, 1.54) is 12.1 Å². The van der Waals surface area contributed by atoms with E-state index in [0.29, 0.717) is 43.1 Å². The van der Waals surface area contributed by atoms with Crippen LogP contribution in [0.15, 0.2) is 53.4 Å². The van der Waals surface area contributed by atoms with Gasteiger partial charge in [0.25, 0.3) is 5.91 Å². The maximum atomic E-state index is 13.2. The molecular formula is C30H42N4O5S. The van der Waals surface area contributed by atoms with Gasteiger partial charge in [0.1, 0.15) is 0 Å². The highest BCUT2D eigenvalue weighted by Gasteiger charge is 2.33. The molecule has 1 saturated heterocycles. The van der Waals surface area contributed by atoms with Crippen molar-refractivity contribution >= 4 is 39.1 Å². The zero-order chi connectivity index (χ0) is 29.1. The van der Waals surface area contributed by atoms with E-state index in [-0.39, 0.29) is 35.0 Å². The van der Waals surface area contributed by atoms with Crippen molar-refractivity contribution in [2.75, 3.05) is 36.8 Å². The molecule has 10 heteroatoms. The fourth-order valence-electron chi connectivity index (χ4n) is 4.55. The molecule has 1 aliphatic heterocycles. The van der Waals surface area contributed by atoms with Crippen molar-refractivity contribution in [3.63, 3.8) is 0 Å². The normalized spacial score (nSPS) is 15.4. The summed E-state index contributed by atoms with van der Waals surface area (Å²) < 4.78 is 27.9. The van der Waals surface area contributed by atoms with E-state index in [2.05, 4.69) is 17.6 Å². The molecule has 0 bridgehead atoms. The molecule has 0 aliphatic carbocycles. The van der Waals surface area contributed by atoms with Gasteiger partial charge in [-0.25, -0.2) is 8.42 Å². The summed E-state index contributed by atoms with van der Waals surface area (Å²) in [6.45, 7) is 8.22. The van der Waals surface area contributed by atoms with Crippen molar-refractivity contribution in [3.05, 3.63) is 54.1 Å². The summed E-state index contributed by atoms with van der Waals surface area (Å²) in [6.07, 6.45) is 5.56. The molecule has 1 unspecified atom stereocenters. The lowest BCUT2D eigenvalue weighted by Crippen LogP contribution is -2.33. The average molecular weight is 571 g/mol. The maximum Gasteiger partial charge on any atom is 0.255 e. The number of hydrogen-bond acceptors (Lipinski definition) is 5. The van der Waals surface area contributed by atoms with Crippen molar-refractivity contribution in [3.8, 4) is 0 Å². The summed E-state index contributed by atoms with van der Waals surface area (Å²) in [5.41, 5.74) is 1.42. The Labute approximate surface area is 238 Å². The van der Waals surface area contributed by atoms with Crippen molar-refractivity contribution in [2.24, 2.45) is 5.92 Å². The molecule has 1 aliphatic rings. The van der Waals surface area contributed by atoms with Crippen LogP contribution in [-0.4, -0.2) is 61.5 Å². The molecule has 0 radical (unpaired) electrons. The minimum Gasteiger partial charge on any atom is -0.342 e. The fourth-order valence-corrected chi connectivity index (χ4v) is 6.06. The highest BCUT2D eigenvalue weighted by Crippen LogP contribution is 2.22. The van der Waals surface area contributed by atoms with E-state index >= 15 is 0 Å². The van der Waals surface area contributed by atoms with Crippen LogP contribution in [0.25, 0.3) is 0 Å². The number of rotatable bonds is 15. The Kier molecular flexibility index (Phi) is 11.7. The summed E-state index contributed by atoms with van der Waals surface area (Å²) in [4.78, 5) is 39.6. The lowest BCUT2D eigenvalue weighted by molar-refractivity contribution is -0.128. The molecule has 1 atom stereocenters. The van der Waals surface area contributed by atoms with E-state index in [1.54, 1.807) is 45.6 Å². The molecule has 40 heavy (non-hydrogen) atoms. The standard InChI is InChI=1S/C30H42N4O5S/c1-4-7-18-33-22-24(21-28(33)35)30(37)32-25-12-10-23(11-13-25)29(36)31-26-14-16-27(17-15-26)40(38,39)34(19-8-5-2)20-9-6-3/h10-17,24H,4-9,18-22H2,1-3H3,(H,31,36)(H,32,37). The van der Waals surface area contributed by atoms with Gasteiger partial charge in [-0.2, -0.15) is 4.31 Å². The van der Waals surface area contributed by atoms with Gasteiger partial charge in [0.15, 0.2) is 0 Å². The fraction of sp³-hybridized carbons (Fsp3) is 0.500. The SMILES string of the molecule is CCCCN1CC(C(=O)Nc2ccc(C(=O)Nc3ccc(S(=O)(=O)N(CCCC)CCCC)cc3)cc2)CC1=O. The third kappa shape index (κ3) is 8.38. The lowest BCUT2D eigenvalue weighted by atomic mass is 10.1. The van der Waals surface area contributed by atoms with Crippen LogP contribution in [0.1, 0.15) is 76.1 Å². The molecule has 1 heterocycles. The number of anilines is 2. The highest BCUT2D eigenvalue weighted by molar-refractivity contribution is 7.89. The number of hydrogen-bond donors (Lipinski definition) is 2. The van der Waals surface area contributed by atoms with Gasteiger partial charge in [-0.3, -0.25) is 14.4 Å². The first-order chi connectivity index (χ1) is 19.2. The highest BCUT2D eigenvalue weighted by atomic mass is 32.2. The number of nitrogens with one attached hydrogen (secondary N) is 2. The second-order valence-corrected chi connectivity index (χ2v) is 12.2. The molecule has 9 nitrogen and oxygen atoms in total. The number of benzene rings is 2. The molecule has 0 aromatic heterocycles. The minimum absolute atomic E-state index is 0.0107. The van der Waals surface area contributed by atoms with Gasteiger partial charge in [-0.1, -0.05) is 40.0 Å². The van der Waals surface area contributed by atoms with E-state index in [4.69, 9.17) is 0 Å². The summed E-state index contributed by atoms with van der Waals surface area (Å²) in [6, 6.07) is 12.7. The predicted octanol–water partition coefficient (Wildman–Crippen LogP) is 5.12. The number of carbonyl (C=O) groups excluding carboxylic acids is 3. The third-order valence-corrected chi connectivity index (χ3v) is 8.97. The van der Waals surface area contributed by atoms with Crippen LogP contribution in [0, 0.1) is 5.92 Å². The van der Waals surface area contributed by atoms with Gasteiger partial charge in [0, 0.05) is 49.5 Å². The molecule has 2 N–H and O–H groups in total. The van der Waals surface area contributed by atoms with Gasteiger partial charge < -0.3 is 15.5 Å². The molecule has 2 aromatic rings. The summed E-state index contributed by atoms with van der Waals surface area (Å²) in [7, 11) is -3.61. The van der Waals surface area contributed by atoms with Gasteiger partial charge >= 0.3 is 0 Å². The van der Waals surface area contributed by atoms with Crippen molar-refractivity contribution in [1.29, 1.82) is 0 Å². The number of likely N-dealkylation sites (tertiary alicyclic amines) is 1. The molecule has 0 saturated carbocycles. The Bertz CT molecular complexity index is 1240. The number of amides is 3. The third-order valence-electron chi connectivity index (χ3n) is 7.05. The second kappa shape index (κ2) is 14.9. The quantitative estimate of drug-likeness (QED) is 0.309. The van der Waals surface area contributed by atoms with Crippen LogP contribution in [0.4, 0.5) is 11.4 Å². The minimum atomic E-state index is -3.61. The Balaban J connectivity index is 1.57. The molecule has 3 amide bonds. The van der Waals surface area contributed by atoms with Crippen LogP contribution in [-0.2, 0) is 19.6 Å². The van der Waals surface area contributed by atoms with Gasteiger partial charge in [0.05, 0.1) is 10.8 Å². The lowest BCUT2D eigenvalue weighted by Gasteiger charge is -2.22. The first-order valence-electron chi connectivity index (χ1n) is 14.3. The maximum absolute atomic E-state index is 13.2. The Hall–Kier alpha value is -3.24. The van der Waals surface area contributed by atoms with Crippen LogP contribution >= 0.6 is 0 Å². The largest absolute Gasteiger partial charge is 0.342 e. The van der Waals surface area contributed by atoms with Crippen LogP contribution in [0.2, 0.25) is 0 Å². The molecule has 2 aromatic carbocycles. The number of unbranched alkanes of at least 4 members (excludes halogenated alkanes) is 3. The Morgan fingerprint density at radius 3 is 1.98 bits per heavy atom. The monoisotopic (exact) mass is 570 g/mol. The summed E-state index contributed by atoms with van der Waals surface area (Å²) >= 11 is 0. The van der Waals surface area contributed by atoms with Crippen LogP contribution in [0.3, 0.4) is 0 Å². The topological polar surface area (TPSA) is 116 Å². The van der Waals surface area contributed by atoms with E-state index in [9.17, 15) is 22.8 Å². The molecule has 218 valence electrons. The predicted molar refractivity (Wildman–Crippen MR) is 158 cm³/mol. The number of carbonyl (C=O) groups is 3. The Morgan fingerprint density at radius 1 is 0.850 bits per heavy atom. The zero-order valence-corrected chi connectivity index (χ0v) is 24.6. The van der Waals surface area contributed by atoms with Crippen molar-refractivity contribution in [2.45, 2.75) is 70.6 Å². The van der Waals surface area contributed by atoms with Crippen LogP contribution in [0.5, 0.6) is 0 Å². The number of sulfonamides is 1. The first kappa shape index (κ1) is 31.3. The first-order valence-corrected chi connectivity index (χ1v) is 15.7. The van der Waals surface area contributed by atoms with Crippen LogP contribution < -0.4 is 10.6 Å². The molecule has 1 fully saturated rings. The van der Waals surface area contributed by atoms with Crippen molar-refractivity contribution < 1.29 is 22.8 Å². The molecule has 3 rings (SSSR count). The molecule has 0 spiro atoms. The van der Waals surface area contributed by atoms with E-state index < -0.39 is 10.0 Å². The smallest absolute Gasteiger partial charge is 0.255 e. The summed E-state index contributed by atoms with van der Waals surface area (Å²) in [5.74, 6) is -0.933. The van der Waals surface area contributed by atoms with Gasteiger partial charge in [-0.15, -0.1) is 0 Å². The van der Waals surface area contributed by atoms with E-state index in [0.717, 1.165) is 38.5 Å². The molecular weight excluding hydrogens is 528 g/mol. The second-order valence-electron chi connectivity index (χ2n) is 10.3. The number of nitrogens with zero attached hydrogens (tertiary/aromatic N) is 2. The van der Waals surface area contributed by atoms with Gasteiger partial charge in [-0.05, 0) is 67.8 Å². The average Bonchev–Trinajstić information content (AvgIpc) is 3.32.